The first-order valence-corrected chi connectivity index (χ1v) is 17.6. The third-order valence-corrected chi connectivity index (χ3v) is 12.1. The lowest BCUT2D eigenvalue weighted by Crippen LogP contribution is -2.40. The lowest BCUT2D eigenvalue weighted by atomic mass is 9.55. The van der Waals surface area contributed by atoms with Crippen LogP contribution in [-0.2, 0) is 10.8 Å². The normalized spacial score (nSPS) is 14.8. The summed E-state index contributed by atoms with van der Waals surface area (Å²) in [6, 6.07) is 61.1. The molecule has 0 N–H and O–H groups in total. The molecule has 0 bridgehead atoms. The van der Waals surface area contributed by atoms with E-state index in [9.17, 15) is 0 Å². The van der Waals surface area contributed by atoms with E-state index in [-0.39, 0.29) is 10.8 Å². The molecule has 0 radical (unpaired) electrons. The molecule has 2 aliphatic rings. The molecule has 0 aliphatic heterocycles. The van der Waals surface area contributed by atoms with Gasteiger partial charge in [0.15, 0.2) is 0 Å². The van der Waals surface area contributed by atoms with Crippen molar-refractivity contribution in [1.29, 1.82) is 0 Å². The van der Waals surface area contributed by atoms with Gasteiger partial charge in [-0.1, -0.05) is 129 Å². The van der Waals surface area contributed by atoms with Crippen molar-refractivity contribution >= 4 is 48.6 Å². The van der Waals surface area contributed by atoms with Gasteiger partial charge < -0.3 is 4.90 Å². The second kappa shape index (κ2) is 10.0. The first kappa shape index (κ1) is 27.7. The zero-order valence-corrected chi connectivity index (χ0v) is 27.8. The van der Waals surface area contributed by atoms with Crippen molar-refractivity contribution in [2.45, 2.75) is 24.7 Å². The Bertz CT molecular complexity index is 2500. The average molecular weight is 632 g/mol. The maximum atomic E-state index is 2.44. The van der Waals surface area contributed by atoms with E-state index in [4.69, 9.17) is 0 Å². The predicted molar refractivity (Wildman–Crippen MR) is 203 cm³/mol. The molecular weight excluding hydrogens is 599 g/mol. The highest BCUT2D eigenvalue weighted by molar-refractivity contribution is 7.25. The zero-order valence-electron chi connectivity index (χ0n) is 26.9. The molecule has 1 aromatic heterocycles. The fourth-order valence-electron chi connectivity index (χ4n) is 8.87. The van der Waals surface area contributed by atoms with Crippen molar-refractivity contribution in [2.75, 3.05) is 4.90 Å². The molecule has 2 aliphatic carbocycles. The van der Waals surface area contributed by atoms with Gasteiger partial charge in [0.1, 0.15) is 0 Å². The summed E-state index contributed by atoms with van der Waals surface area (Å²) < 4.78 is 2.64. The van der Waals surface area contributed by atoms with Crippen molar-refractivity contribution < 1.29 is 0 Å². The Balaban J connectivity index is 1.25. The molecule has 1 heterocycles. The highest BCUT2D eigenvalue weighted by Gasteiger charge is 2.53. The van der Waals surface area contributed by atoms with Gasteiger partial charge in [-0.3, -0.25) is 0 Å². The molecule has 10 rings (SSSR count). The maximum absolute atomic E-state index is 2.44. The SMILES string of the molecule is CC1(C)c2ccccc2C2(c3ccccc3-c3cc(N(c4ccccc4)c4ccc5sc6ccccc6c5c4)ccc32)c2ccccc21. The molecule has 0 fully saturated rings. The highest BCUT2D eigenvalue weighted by Crippen LogP contribution is 2.62. The van der Waals surface area contributed by atoms with Gasteiger partial charge in [0.25, 0.3) is 0 Å². The van der Waals surface area contributed by atoms with E-state index in [1.165, 1.54) is 64.7 Å². The summed E-state index contributed by atoms with van der Waals surface area (Å²) in [5.41, 5.74) is 13.9. The van der Waals surface area contributed by atoms with Gasteiger partial charge in [0.2, 0.25) is 0 Å². The van der Waals surface area contributed by atoms with Gasteiger partial charge in [-0.15, -0.1) is 11.3 Å². The highest BCUT2D eigenvalue weighted by atomic mass is 32.1. The van der Waals surface area contributed by atoms with E-state index in [1.807, 2.05) is 11.3 Å². The van der Waals surface area contributed by atoms with Crippen LogP contribution in [0.5, 0.6) is 0 Å². The second-order valence-corrected chi connectivity index (χ2v) is 14.8. The van der Waals surface area contributed by atoms with Crippen LogP contribution in [0.3, 0.4) is 0 Å². The molecular formula is C46H33NS. The van der Waals surface area contributed by atoms with Crippen LogP contribution in [0.4, 0.5) is 17.1 Å². The van der Waals surface area contributed by atoms with E-state index >= 15 is 0 Å². The van der Waals surface area contributed by atoms with E-state index in [2.05, 4.69) is 183 Å². The summed E-state index contributed by atoms with van der Waals surface area (Å²) >= 11 is 1.86. The first-order valence-electron chi connectivity index (χ1n) is 16.8. The van der Waals surface area contributed by atoms with Gasteiger partial charge in [0.05, 0.1) is 5.41 Å². The van der Waals surface area contributed by atoms with Gasteiger partial charge in [-0.05, 0) is 93.0 Å². The standard InChI is InChI=1S/C46H33NS/c1-45(2)39-19-9-11-21-41(39)46(42-22-12-10-20-40(42)45)37-18-8-6-16-33(37)35-28-31(24-26-38(35)46)47(30-14-4-3-5-15-30)32-25-27-44-36(29-32)34-17-7-13-23-43(34)48-44/h3-29H,1-2H3. The molecule has 2 heteroatoms. The van der Waals surface area contributed by atoms with Gasteiger partial charge in [-0.2, -0.15) is 0 Å². The Kier molecular flexibility index (Phi) is 5.78. The van der Waals surface area contributed by atoms with Crippen LogP contribution in [0.25, 0.3) is 31.3 Å². The minimum atomic E-state index is -0.390. The quantitative estimate of drug-likeness (QED) is 0.188. The summed E-state index contributed by atoms with van der Waals surface area (Å²) in [6.45, 7) is 4.77. The number of hydrogen-bond donors (Lipinski definition) is 0. The topological polar surface area (TPSA) is 3.24 Å². The molecule has 0 saturated carbocycles. The summed E-state index contributed by atoms with van der Waals surface area (Å²) in [5, 5.41) is 2.62. The number of fused-ring (bicyclic) bond motifs is 12. The van der Waals surface area contributed by atoms with Crippen molar-refractivity contribution in [1.82, 2.24) is 0 Å². The van der Waals surface area contributed by atoms with E-state index < -0.39 is 0 Å². The Hall–Kier alpha value is -5.44. The molecule has 48 heavy (non-hydrogen) atoms. The fourth-order valence-corrected chi connectivity index (χ4v) is 9.96. The summed E-state index contributed by atoms with van der Waals surface area (Å²) in [6.07, 6.45) is 0. The third-order valence-electron chi connectivity index (χ3n) is 10.9. The molecule has 0 saturated heterocycles. The Morgan fingerprint density at radius 1 is 0.396 bits per heavy atom. The summed E-state index contributed by atoms with van der Waals surface area (Å²) in [7, 11) is 0. The van der Waals surface area contributed by atoms with Gasteiger partial charge in [0, 0.05) is 42.6 Å². The molecule has 8 aromatic rings. The van der Waals surface area contributed by atoms with Crippen LogP contribution in [0, 0.1) is 0 Å². The van der Waals surface area contributed by atoms with E-state index in [1.54, 1.807) is 0 Å². The lowest BCUT2D eigenvalue weighted by molar-refractivity contribution is 0.563. The minimum absolute atomic E-state index is 0.106. The first-order chi connectivity index (χ1) is 23.6. The Morgan fingerprint density at radius 3 is 1.69 bits per heavy atom. The molecule has 1 nitrogen and oxygen atoms in total. The number of thiophene rings is 1. The van der Waals surface area contributed by atoms with Crippen LogP contribution in [-0.4, -0.2) is 0 Å². The number of anilines is 3. The molecule has 0 unspecified atom stereocenters. The lowest BCUT2D eigenvalue weighted by Gasteiger charge is -2.46. The van der Waals surface area contributed by atoms with Gasteiger partial charge >= 0.3 is 0 Å². The van der Waals surface area contributed by atoms with Crippen LogP contribution in [0.1, 0.15) is 47.2 Å². The Morgan fingerprint density at radius 2 is 0.938 bits per heavy atom. The fraction of sp³-hybridized carbons (Fsp3) is 0.0870. The molecule has 1 spiro atoms. The smallest absolute Gasteiger partial charge is 0.0719 e. The maximum Gasteiger partial charge on any atom is 0.0719 e. The number of nitrogens with zero attached hydrogens (tertiary/aromatic N) is 1. The van der Waals surface area contributed by atoms with E-state index in [0.29, 0.717) is 0 Å². The monoisotopic (exact) mass is 631 g/mol. The second-order valence-electron chi connectivity index (χ2n) is 13.7. The molecule has 0 amide bonds. The van der Waals surface area contributed by atoms with Crippen LogP contribution < -0.4 is 4.90 Å². The van der Waals surface area contributed by atoms with Crippen LogP contribution >= 0.6 is 11.3 Å². The number of hydrogen-bond acceptors (Lipinski definition) is 2. The Labute approximate surface area is 285 Å². The molecule has 0 atom stereocenters. The van der Waals surface area contributed by atoms with E-state index in [0.717, 1.165) is 17.1 Å². The van der Waals surface area contributed by atoms with Crippen molar-refractivity contribution in [3.63, 3.8) is 0 Å². The van der Waals surface area contributed by atoms with Crippen molar-refractivity contribution in [3.8, 4) is 11.1 Å². The average Bonchev–Trinajstić information content (AvgIpc) is 3.65. The van der Waals surface area contributed by atoms with Crippen LogP contribution in [0.15, 0.2) is 164 Å². The minimum Gasteiger partial charge on any atom is -0.310 e. The third kappa shape index (κ3) is 3.61. The summed E-state index contributed by atoms with van der Waals surface area (Å²) in [4.78, 5) is 2.42. The zero-order chi connectivity index (χ0) is 32.0. The number of benzene rings is 7. The summed E-state index contributed by atoms with van der Waals surface area (Å²) in [5.74, 6) is 0. The largest absolute Gasteiger partial charge is 0.310 e. The molecule has 7 aromatic carbocycles. The predicted octanol–water partition coefficient (Wildman–Crippen LogP) is 12.5. The molecule has 228 valence electrons. The van der Waals surface area contributed by atoms with Crippen molar-refractivity contribution in [3.05, 3.63) is 197 Å². The van der Waals surface area contributed by atoms with Crippen molar-refractivity contribution in [2.24, 2.45) is 0 Å². The number of rotatable bonds is 3. The van der Waals surface area contributed by atoms with Gasteiger partial charge in [-0.25, -0.2) is 0 Å². The number of para-hydroxylation sites is 1. The van der Waals surface area contributed by atoms with Crippen LogP contribution in [0.2, 0.25) is 0 Å².